The number of ether oxygens (including phenoxy) is 2. The zero-order valence-electron chi connectivity index (χ0n) is 18.0. The van der Waals surface area contributed by atoms with Crippen molar-refractivity contribution in [1.82, 2.24) is 20.4 Å². The van der Waals surface area contributed by atoms with Gasteiger partial charge in [0.15, 0.2) is 0 Å². The van der Waals surface area contributed by atoms with Crippen LogP contribution >= 0.6 is 0 Å². The summed E-state index contributed by atoms with van der Waals surface area (Å²) >= 11 is 0. The first-order valence-electron chi connectivity index (χ1n) is 10.5. The molecule has 1 saturated heterocycles. The SMILES string of the molecule is Cc1cccc(NNC(=O)c2cc(N3CCOCC3)nc(OCCc3ccccn3)n2)c1. The molecule has 0 aliphatic carbocycles. The molecular weight excluding hydrogens is 408 g/mol. The van der Waals surface area contributed by atoms with Crippen molar-refractivity contribution in [2.45, 2.75) is 13.3 Å². The molecule has 32 heavy (non-hydrogen) atoms. The number of carbonyl (C=O) groups excluding carboxylic acids is 1. The molecule has 9 heteroatoms. The Morgan fingerprint density at radius 1 is 1.12 bits per heavy atom. The number of nitrogens with zero attached hydrogens (tertiary/aromatic N) is 4. The Hall–Kier alpha value is -3.72. The van der Waals surface area contributed by atoms with Crippen molar-refractivity contribution < 1.29 is 14.3 Å². The number of hydrogen-bond acceptors (Lipinski definition) is 8. The maximum atomic E-state index is 12.8. The molecule has 1 fully saturated rings. The van der Waals surface area contributed by atoms with Crippen molar-refractivity contribution in [1.29, 1.82) is 0 Å². The van der Waals surface area contributed by atoms with Gasteiger partial charge >= 0.3 is 6.01 Å². The summed E-state index contributed by atoms with van der Waals surface area (Å²) in [5, 5.41) is 0. The van der Waals surface area contributed by atoms with E-state index in [1.54, 1.807) is 12.3 Å². The minimum Gasteiger partial charge on any atom is -0.463 e. The number of benzene rings is 1. The van der Waals surface area contributed by atoms with Crippen LogP contribution in [0.25, 0.3) is 0 Å². The number of carbonyl (C=O) groups is 1. The quantitative estimate of drug-likeness (QED) is 0.521. The van der Waals surface area contributed by atoms with Gasteiger partial charge in [0.25, 0.3) is 5.91 Å². The highest BCUT2D eigenvalue weighted by atomic mass is 16.5. The van der Waals surface area contributed by atoms with Gasteiger partial charge in [-0.2, -0.15) is 9.97 Å². The maximum absolute atomic E-state index is 12.8. The third-order valence-electron chi connectivity index (χ3n) is 4.91. The number of rotatable bonds is 8. The molecule has 0 atom stereocenters. The first-order valence-corrected chi connectivity index (χ1v) is 10.5. The van der Waals surface area contributed by atoms with E-state index in [0.29, 0.717) is 45.1 Å². The van der Waals surface area contributed by atoms with E-state index in [0.717, 1.165) is 16.9 Å². The fourth-order valence-electron chi connectivity index (χ4n) is 3.26. The molecule has 0 radical (unpaired) electrons. The molecule has 1 aromatic carbocycles. The average Bonchev–Trinajstić information content (AvgIpc) is 2.84. The topological polar surface area (TPSA) is 102 Å². The van der Waals surface area contributed by atoms with Gasteiger partial charge in [-0.15, -0.1) is 0 Å². The zero-order chi connectivity index (χ0) is 22.2. The van der Waals surface area contributed by atoms with Crippen LogP contribution < -0.4 is 20.5 Å². The summed E-state index contributed by atoms with van der Waals surface area (Å²) in [6.07, 6.45) is 2.36. The van der Waals surface area contributed by atoms with E-state index >= 15 is 0 Å². The molecular formula is C23H26N6O3. The van der Waals surface area contributed by atoms with E-state index in [-0.39, 0.29) is 17.6 Å². The number of aromatic nitrogens is 3. The van der Waals surface area contributed by atoms with Gasteiger partial charge in [-0.1, -0.05) is 18.2 Å². The zero-order valence-corrected chi connectivity index (χ0v) is 18.0. The first kappa shape index (κ1) is 21.5. The molecule has 9 nitrogen and oxygen atoms in total. The molecule has 166 valence electrons. The Bertz CT molecular complexity index is 1040. The largest absolute Gasteiger partial charge is 0.463 e. The molecule has 1 aliphatic rings. The number of morpholine rings is 1. The predicted molar refractivity (Wildman–Crippen MR) is 121 cm³/mol. The number of amides is 1. The summed E-state index contributed by atoms with van der Waals surface area (Å²) in [4.78, 5) is 28.0. The second kappa shape index (κ2) is 10.5. The van der Waals surface area contributed by atoms with Crippen LogP contribution in [0.2, 0.25) is 0 Å². The highest BCUT2D eigenvalue weighted by Gasteiger charge is 2.18. The summed E-state index contributed by atoms with van der Waals surface area (Å²) in [6.45, 7) is 4.93. The van der Waals surface area contributed by atoms with Gasteiger partial charge in [-0.3, -0.25) is 20.6 Å². The Morgan fingerprint density at radius 2 is 2.00 bits per heavy atom. The van der Waals surface area contributed by atoms with Crippen molar-refractivity contribution >= 4 is 17.4 Å². The molecule has 0 spiro atoms. The smallest absolute Gasteiger partial charge is 0.319 e. The molecule has 0 bridgehead atoms. The first-order chi connectivity index (χ1) is 15.7. The summed E-state index contributed by atoms with van der Waals surface area (Å²) in [5.41, 5.74) is 8.62. The second-order valence-corrected chi connectivity index (χ2v) is 7.36. The summed E-state index contributed by atoms with van der Waals surface area (Å²) < 4.78 is 11.2. The lowest BCUT2D eigenvalue weighted by molar-refractivity contribution is 0.0956. The van der Waals surface area contributed by atoms with Crippen molar-refractivity contribution in [3.05, 3.63) is 71.7 Å². The molecule has 3 heterocycles. The van der Waals surface area contributed by atoms with Crippen LogP contribution in [-0.2, 0) is 11.2 Å². The molecule has 0 unspecified atom stereocenters. The standard InChI is InChI=1S/C23H26N6O3/c1-17-5-4-7-19(15-17)27-28-22(30)20-16-21(29-10-13-31-14-11-29)26-23(25-20)32-12-8-18-6-2-3-9-24-18/h2-7,9,15-16,27H,8,10-14H2,1H3,(H,28,30). The van der Waals surface area contributed by atoms with Gasteiger partial charge in [-0.25, -0.2) is 0 Å². The molecule has 0 saturated carbocycles. The van der Waals surface area contributed by atoms with Crippen LogP contribution in [0.1, 0.15) is 21.7 Å². The summed E-state index contributed by atoms with van der Waals surface area (Å²) in [6, 6.07) is 15.3. The van der Waals surface area contributed by atoms with Gasteiger partial charge in [0.05, 0.1) is 25.5 Å². The number of hydrazine groups is 1. The van der Waals surface area contributed by atoms with Gasteiger partial charge in [0.1, 0.15) is 11.5 Å². The molecule has 1 amide bonds. The monoisotopic (exact) mass is 434 g/mol. The molecule has 4 rings (SSSR count). The van der Waals surface area contributed by atoms with Gasteiger partial charge in [-0.05, 0) is 36.8 Å². The summed E-state index contributed by atoms with van der Waals surface area (Å²) in [7, 11) is 0. The Kier molecular flexibility index (Phi) is 7.08. The van der Waals surface area contributed by atoms with E-state index < -0.39 is 0 Å². The molecule has 1 aliphatic heterocycles. The van der Waals surface area contributed by atoms with Crippen molar-refractivity contribution in [2.24, 2.45) is 0 Å². The Morgan fingerprint density at radius 3 is 2.78 bits per heavy atom. The highest BCUT2D eigenvalue weighted by Crippen LogP contribution is 2.18. The predicted octanol–water partition coefficient (Wildman–Crippen LogP) is 2.40. The van der Waals surface area contributed by atoms with Crippen LogP contribution in [0.15, 0.2) is 54.7 Å². The third kappa shape index (κ3) is 5.92. The molecule has 3 aromatic rings. The Balaban J connectivity index is 1.47. The lowest BCUT2D eigenvalue weighted by Gasteiger charge is -2.28. The maximum Gasteiger partial charge on any atom is 0.319 e. The van der Waals surface area contributed by atoms with Crippen LogP contribution in [0, 0.1) is 6.92 Å². The van der Waals surface area contributed by atoms with Gasteiger partial charge < -0.3 is 14.4 Å². The number of nitrogens with one attached hydrogen (secondary N) is 2. The third-order valence-corrected chi connectivity index (χ3v) is 4.91. The van der Waals surface area contributed by atoms with Crippen LogP contribution in [0.5, 0.6) is 6.01 Å². The number of anilines is 2. The van der Waals surface area contributed by atoms with Crippen molar-refractivity contribution in [2.75, 3.05) is 43.2 Å². The van der Waals surface area contributed by atoms with Crippen molar-refractivity contribution in [3.8, 4) is 6.01 Å². The average molecular weight is 435 g/mol. The lowest BCUT2D eigenvalue weighted by atomic mass is 10.2. The van der Waals surface area contributed by atoms with E-state index in [1.807, 2.05) is 49.4 Å². The van der Waals surface area contributed by atoms with E-state index in [9.17, 15) is 4.79 Å². The van der Waals surface area contributed by atoms with Gasteiger partial charge in [0.2, 0.25) is 0 Å². The number of hydrogen-bond donors (Lipinski definition) is 2. The summed E-state index contributed by atoms with van der Waals surface area (Å²) in [5.74, 6) is 0.259. The van der Waals surface area contributed by atoms with E-state index in [4.69, 9.17) is 9.47 Å². The normalized spacial score (nSPS) is 13.5. The highest BCUT2D eigenvalue weighted by molar-refractivity contribution is 5.93. The van der Waals surface area contributed by atoms with Gasteiger partial charge in [0, 0.05) is 37.5 Å². The van der Waals surface area contributed by atoms with Crippen LogP contribution in [0.3, 0.4) is 0 Å². The van der Waals surface area contributed by atoms with Crippen LogP contribution in [0.4, 0.5) is 11.5 Å². The van der Waals surface area contributed by atoms with Crippen molar-refractivity contribution in [3.63, 3.8) is 0 Å². The second-order valence-electron chi connectivity index (χ2n) is 7.36. The minimum absolute atomic E-state index is 0.158. The molecule has 2 aromatic heterocycles. The lowest BCUT2D eigenvalue weighted by Crippen LogP contribution is -2.37. The fraction of sp³-hybridized carbons (Fsp3) is 0.304. The minimum atomic E-state index is -0.377. The van der Waals surface area contributed by atoms with E-state index in [1.165, 1.54) is 0 Å². The Labute approximate surface area is 186 Å². The fourth-order valence-corrected chi connectivity index (χ4v) is 3.26. The number of aryl methyl sites for hydroxylation is 1. The molecule has 2 N–H and O–H groups in total. The van der Waals surface area contributed by atoms with E-state index in [2.05, 4.69) is 30.7 Å². The van der Waals surface area contributed by atoms with Crippen LogP contribution in [-0.4, -0.2) is 53.8 Å². The number of pyridine rings is 1.